The SMILES string of the molecule is COc1ccc(C(=O)Nc2ccccc2)cc1N=Nc1c(O)c(C(=O)Nc2cc(Cl)ccc2C=O)cc2ccccc12. The summed E-state index contributed by atoms with van der Waals surface area (Å²) in [5.41, 5.74) is 1.51. The van der Waals surface area contributed by atoms with Crippen LogP contribution in [0.15, 0.2) is 107 Å². The Morgan fingerprint density at radius 1 is 0.857 bits per heavy atom. The second kappa shape index (κ2) is 12.3. The fourth-order valence-electron chi connectivity index (χ4n) is 4.26. The highest BCUT2D eigenvalue weighted by atomic mass is 35.5. The van der Waals surface area contributed by atoms with Gasteiger partial charge in [0.25, 0.3) is 11.8 Å². The zero-order valence-electron chi connectivity index (χ0n) is 22.2. The highest BCUT2D eigenvalue weighted by molar-refractivity contribution is 6.31. The number of methoxy groups -OCH3 is 1. The molecule has 2 amide bonds. The molecule has 0 bridgehead atoms. The van der Waals surface area contributed by atoms with Crippen molar-refractivity contribution in [1.29, 1.82) is 0 Å². The summed E-state index contributed by atoms with van der Waals surface area (Å²) >= 11 is 6.05. The number of azo groups is 1. The summed E-state index contributed by atoms with van der Waals surface area (Å²) in [6.45, 7) is 0. The van der Waals surface area contributed by atoms with Gasteiger partial charge in [-0.05, 0) is 60.0 Å². The van der Waals surface area contributed by atoms with Crippen molar-refractivity contribution in [3.05, 3.63) is 119 Å². The van der Waals surface area contributed by atoms with Crippen LogP contribution in [-0.2, 0) is 0 Å². The van der Waals surface area contributed by atoms with Crippen molar-refractivity contribution in [2.75, 3.05) is 17.7 Å². The standard InChI is InChI=1S/C32H23ClN4O5/c1-42-28-14-12-20(31(40)34-23-8-3-2-4-9-23)16-27(28)36-37-29-24-10-6-5-7-19(24)15-25(30(29)39)32(41)35-26-17-22(33)13-11-21(26)18-38/h2-18,39H,1H3,(H,34,40)(H,35,41). The maximum absolute atomic E-state index is 13.3. The lowest BCUT2D eigenvalue weighted by Crippen LogP contribution is -2.13. The van der Waals surface area contributed by atoms with Gasteiger partial charge in [-0.3, -0.25) is 14.4 Å². The van der Waals surface area contributed by atoms with Crippen LogP contribution in [0.2, 0.25) is 5.02 Å². The van der Waals surface area contributed by atoms with Gasteiger partial charge in [-0.15, -0.1) is 10.2 Å². The lowest BCUT2D eigenvalue weighted by atomic mass is 10.0. The van der Waals surface area contributed by atoms with E-state index in [1.807, 2.05) is 18.2 Å². The van der Waals surface area contributed by atoms with Crippen molar-refractivity contribution in [3.63, 3.8) is 0 Å². The number of phenolic OH excluding ortho intramolecular Hbond substituents is 1. The maximum atomic E-state index is 13.3. The Hall–Kier alpha value is -5.54. The number of halogens is 1. The number of benzene rings is 5. The smallest absolute Gasteiger partial charge is 0.259 e. The molecule has 9 nitrogen and oxygen atoms in total. The molecule has 10 heteroatoms. The Kier molecular flexibility index (Phi) is 8.22. The van der Waals surface area contributed by atoms with Crippen LogP contribution >= 0.6 is 11.6 Å². The molecule has 0 spiro atoms. The molecule has 5 aromatic carbocycles. The lowest BCUT2D eigenvalue weighted by molar-refractivity contribution is 0.101. The van der Waals surface area contributed by atoms with Gasteiger partial charge in [0.05, 0.1) is 18.4 Å². The summed E-state index contributed by atoms with van der Waals surface area (Å²) in [7, 11) is 1.46. The van der Waals surface area contributed by atoms with Crippen LogP contribution in [0, 0.1) is 0 Å². The van der Waals surface area contributed by atoms with E-state index in [-0.39, 0.29) is 34.1 Å². The molecule has 0 aliphatic carbocycles. The van der Waals surface area contributed by atoms with E-state index in [9.17, 15) is 19.5 Å². The number of hydrogen-bond acceptors (Lipinski definition) is 7. The van der Waals surface area contributed by atoms with E-state index in [4.69, 9.17) is 16.3 Å². The average molecular weight is 579 g/mol. The van der Waals surface area contributed by atoms with Crippen molar-refractivity contribution in [2.24, 2.45) is 10.2 Å². The summed E-state index contributed by atoms with van der Waals surface area (Å²) in [5.74, 6) is -1.13. The van der Waals surface area contributed by atoms with Gasteiger partial charge in [-0.2, -0.15) is 0 Å². The average Bonchev–Trinajstić information content (AvgIpc) is 3.00. The fourth-order valence-corrected chi connectivity index (χ4v) is 4.43. The zero-order valence-corrected chi connectivity index (χ0v) is 22.9. The second-order valence-electron chi connectivity index (χ2n) is 9.05. The number of amides is 2. The highest BCUT2D eigenvalue weighted by Crippen LogP contribution is 2.41. The minimum Gasteiger partial charge on any atom is -0.505 e. The van der Waals surface area contributed by atoms with E-state index in [0.29, 0.717) is 39.1 Å². The number of carbonyl (C=O) groups excluding carboxylic acids is 3. The molecule has 3 N–H and O–H groups in total. The van der Waals surface area contributed by atoms with Crippen molar-refractivity contribution >= 4 is 63.2 Å². The number of fused-ring (bicyclic) bond motifs is 1. The third kappa shape index (κ3) is 5.96. The molecule has 0 atom stereocenters. The van der Waals surface area contributed by atoms with Crippen LogP contribution in [0.5, 0.6) is 11.5 Å². The molecule has 42 heavy (non-hydrogen) atoms. The van der Waals surface area contributed by atoms with Gasteiger partial charge in [-0.1, -0.05) is 54.1 Å². The molecule has 0 saturated carbocycles. The molecule has 5 rings (SSSR count). The summed E-state index contributed by atoms with van der Waals surface area (Å²) in [5, 5.41) is 26.7. The fraction of sp³-hybridized carbons (Fsp3) is 0.0312. The van der Waals surface area contributed by atoms with Crippen LogP contribution in [0.25, 0.3) is 10.8 Å². The van der Waals surface area contributed by atoms with Crippen LogP contribution in [-0.4, -0.2) is 30.3 Å². The van der Waals surface area contributed by atoms with E-state index in [1.165, 1.54) is 37.4 Å². The van der Waals surface area contributed by atoms with Crippen LogP contribution < -0.4 is 15.4 Å². The number of aldehydes is 1. The first-order chi connectivity index (χ1) is 20.4. The highest BCUT2D eigenvalue weighted by Gasteiger charge is 2.20. The summed E-state index contributed by atoms with van der Waals surface area (Å²) in [6.07, 6.45) is 0.591. The minimum atomic E-state index is -0.683. The number of nitrogens with one attached hydrogen (secondary N) is 2. The van der Waals surface area contributed by atoms with Gasteiger partial charge in [0.15, 0.2) is 12.0 Å². The number of rotatable bonds is 8. The van der Waals surface area contributed by atoms with Crippen LogP contribution in [0.1, 0.15) is 31.1 Å². The number of ether oxygens (including phenoxy) is 1. The normalized spacial score (nSPS) is 10.9. The first kappa shape index (κ1) is 28.0. The molecule has 0 saturated heterocycles. The van der Waals surface area contributed by atoms with Crippen molar-refractivity contribution in [2.45, 2.75) is 0 Å². The molecule has 0 heterocycles. The Morgan fingerprint density at radius 3 is 2.38 bits per heavy atom. The predicted molar refractivity (Wildman–Crippen MR) is 162 cm³/mol. The molecule has 0 unspecified atom stereocenters. The first-order valence-corrected chi connectivity index (χ1v) is 13.0. The summed E-state index contributed by atoms with van der Waals surface area (Å²) in [4.78, 5) is 37.6. The number of phenols is 1. The third-order valence-corrected chi connectivity index (χ3v) is 6.60. The zero-order chi connectivity index (χ0) is 29.6. The Labute approximate surface area is 245 Å². The maximum Gasteiger partial charge on any atom is 0.259 e. The largest absolute Gasteiger partial charge is 0.505 e. The van der Waals surface area contributed by atoms with E-state index in [2.05, 4.69) is 20.9 Å². The number of para-hydroxylation sites is 1. The molecule has 208 valence electrons. The second-order valence-corrected chi connectivity index (χ2v) is 9.49. The summed E-state index contributed by atoms with van der Waals surface area (Å²) < 4.78 is 5.41. The van der Waals surface area contributed by atoms with Gasteiger partial charge >= 0.3 is 0 Å². The van der Waals surface area contributed by atoms with Crippen molar-refractivity contribution in [3.8, 4) is 11.5 Å². The van der Waals surface area contributed by atoms with Gasteiger partial charge in [-0.25, -0.2) is 0 Å². The molecule has 0 fully saturated rings. The Morgan fingerprint density at radius 2 is 1.62 bits per heavy atom. The lowest BCUT2D eigenvalue weighted by Gasteiger charge is -2.12. The van der Waals surface area contributed by atoms with Gasteiger partial charge in [0.1, 0.15) is 17.1 Å². The Bertz CT molecular complexity index is 1860. The number of carbonyl (C=O) groups is 3. The molecule has 0 aliphatic heterocycles. The number of aromatic hydroxyl groups is 1. The van der Waals surface area contributed by atoms with Gasteiger partial charge in [0, 0.05) is 27.2 Å². The molecule has 0 aromatic heterocycles. The molecule has 0 radical (unpaired) electrons. The van der Waals surface area contributed by atoms with E-state index >= 15 is 0 Å². The van der Waals surface area contributed by atoms with E-state index < -0.39 is 11.7 Å². The van der Waals surface area contributed by atoms with E-state index in [0.717, 1.165) is 0 Å². The van der Waals surface area contributed by atoms with E-state index in [1.54, 1.807) is 48.5 Å². The number of anilines is 2. The van der Waals surface area contributed by atoms with Crippen LogP contribution in [0.4, 0.5) is 22.7 Å². The monoisotopic (exact) mass is 578 g/mol. The Balaban J connectivity index is 1.53. The molecular weight excluding hydrogens is 556 g/mol. The quantitative estimate of drug-likeness (QED) is 0.127. The number of nitrogens with zero attached hydrogens (tertiary/aromatic N) is 2. The van der Waals surface area contributed by atoms with Crippen molar-refractivity contribution < 1.29 is 24.2 Å². The topological polar surface area (TPSA) is 129 Å². The first-order valence-electron chi connectivity index (χ1n) is 12.6. The molecule has 5 aromatic rings. The minimum absolute atomic E-state index is 0.0288. The van der Waals surface area contributed by atoms with Gasteiger partial charge in [0.2, 0.25) is 0 Å². The van der Waals surface area contributed by atoms with Gasteiger partial charge < -0.3 is 20.5 Å². The molecular formula is C32H23ClN4O5. The number of hydrogen-bond donors (Lipinski definition) is 3. The van der Waals surface area contributed by atoms with Crippen molar-refractivity contribution in [1.82, 2.24) is 0 Å². The molecule has 0 aliphatic rings. The van der Waals surface area contributed by atoms with Crippen LogP contribution in [0.3, 0.4) is 0 Å². The predicted octanol–water partition coefficient (Wildman–Crippen LogP) is 7.94. The third-order valence-electron chi connectivity index (χ3n) is 6.36. The summed E-state index contributed by atoms with van der Waals surface area (Å²) in [6, 6.07) is 26.7.